The number of anilines is 1. The summed E-state index contributed by atoms with van der Waals surface area (Å²) in [5.74, 6) is 1.81. The smallest absolute Gasteiger partial charge is 0.128 e. The average molecular weight is 491 g/mol. The fourth-order valence-corrected chi connectivity index (χ4v) is 5.50. The summed E-state index contributed by atoms with van der Waals surface area (Å²) in [4.78, 5) is 4.74. The Labute approximate surface area is 217 Å². The Kier molecular flexibility index (Phi) is 6.31. The Morgan fingerprint density at radius 3 is 2.64 bits per heavy atom. The van der Waals surface area contributed by atoms with E-state index in [1.807, 2.05) is 54.7 Å². The van der Waals surface area contributed by atoms with E-state index in [2.05, 4.69) is 66.0 Å². The highest BCUT2D eigenvalue weighted by Gasteiger charge is 2.37. The van der Waals surface area contributed by atoms with E-state index in [1.54, 1.807) is 0 Å². The first-order chi connectivity index (χ1) is 17.7. The van der Waals surface area contributed by atoms with Crippen LogP contribution in [0.3, 0.4) is 0 Å². The number of rotatable bonds is 6. The number of aliphatic imine (C=N–C) groups is 1. The molecule has 1 N–H and O–H groups in total. The molecule has 0 saturated carbocycles. The van der Waals surface area contributed by atoms with Crippen LogP contribution in [0.4, 0.5) is 11.4 Å². The molecule has 0 aromatic heterocycles. The summed E-state index contributed by atoms with van der Waals surface area (Å²) in [6.45, 7) is 0.453. The minimum absolute atomic E-state index is 0.290. The summed E-state index contributed by atoms with van der Waals surface area (Å²) in [7, 11) is 0. The van der Waals surface area contributed by atoms with E-state index in [0.717, 1.165) is 29.0 Å². The second-order valence-corrected chi connectivity index (χ2v) is 9.81. The van der Waals surface area contributed by atoms with E-state index in [1.165, 1.54) is 16.8 Å². The number of halogens is 1. The lowest BCUT2D eigenvalue weighted by molar-refractivity contribution is 0.306. The molecule has 36 heavy (non-hydrogen) atoms. The van der Waals surface area contributed by atoms with Gasteiger partial charge in [-0.2, -0.15) is 0 Å². The van der Waals surface area contributed by atoms with Gasteiger partial charge in [0.25, 0.3) is 0 Å². The lowest BCUT2D eigenvalue weighted by Crippen LogP contribution is -2.28. The first kappa shape index (κ1) is 22.6. The van der Waals surface area contributed by atoms with Crippen LogP contribution in [0.15, 0.2) is 114 Å². The molecule has 1 aliphatic heterocycles. The third kappa shape index (κ3) is 4.67. The predicted molar refractivity (Wildman–Crippen MR) is 149 cm³/mol. The SMILES string of the molecule is Clc1cccc(COc2ccccc2C=Nc2ccc([C@@H]3Nc4ccccc4[C@H]4C=CC[C@H]43)cc2)c1. The first-order valence-electron chi connectivity index (χ1n) is 12.4. The highest BCUT2D eigenvalue weighted by Crippen LogP contribution is 2.49. The molecule has 3 nitrogen and oxygen atoms in total. The van der Waals surface area contributed by atoms with E-state index in [0.29, 0.717) is 29.5 Å². The lowest BCUT2D eigenvalue weighted by Gasteiger charge is -2.37. The van der Waals surface area contributed by atoms with Crippen LogP contribution in [0.2, 0.25) is 5.02 Å². The Morgan fingerprint density at radius 2 is 1.75 bits per heavy atom. The molecule has 0 bridgehead atoms. The van der Waals surface area contributed by atoms with Crippen molar-refractivity contribution < 1.29 is 4.74 Å². The monoisotopic (exact) mass is 490 g/mol. The molecule has 0 unspecified atom stereocenters. The van der Waals surface area contributed by atoms with E-state index >= 15 is 0 Å². The molecular weight excluding hydrogens is 464 g/mol. The van der Waals surface area contributed by atoms with Gasteiger partial charge in [0, 0.05) is 28.4 Å². The molecule has 1 aliphatic carbocycles. The van der Waals surface area contributed by atoms with Crippen LogP contribution in [-0.4, -0.2) is 6.21 Å². The van der Waals surface area contributed by atoms with Crippen LogP contribution >= 0.6 is 11.6 Å². The van der Waals surface area contributed by atoms with Crippen molar-refractivity contribution in [1.82, 2.24) is 0 Å². The summed E-state index contributed by atoms with van der Waals surface area (Å²) in [6, 6.07) is 33.3. The third-order valence-corrected chi connectivity index (χ3v) is 7.31. The number of para-hydroxylation sites is 2. The molecular formula is C32H27ClN2O. The number of nitrogens with one attached hydrogen (secondary N) is 1. The quantitative estimate of drug-likeness (QED) is 0.217. The van der Waals surface area contributed by atoms with E-state index in [4.69, 9.17) is 21.3 Å². The van der Waals surface area contributed by atoms with Gasteiger partial charge in [-0.25, -0.2) is 0 Å². The van der Waals surface area contributed by atoms with Gasteiger partial charge in [-0.15, -0.1) is 0 Å². The maximum atomic E-state index is 6.10. The van der Waals surface area contributed by atoms with E-state index in [9.17, 15) is 0 Å². The summed E-state index contributed by atoms with van der Waals surface area (Å²) in [5, 5.41) is 4.51. The first-order valence-corrected chi connectivity index (χ1v) is 12.7. The van der Waals surface area contributed by atoms with Crippen molar-refractivity contribution in [3.05, 3.63) is 136 Å². The van der Waals surface area contributed by atoms with Crippen LogP contribution < -0.4 is 10.1 Å². The number of hydrogen-bond acceptors (Lipinski definition) is 3. The second kappa shape index (κ2) is 10.0. The van der Waals surface area contributed by atoms with Gasteiger partial charge in [0.1, 0.15) is 12.4 Å². The molecule has 2 aliphatic rings. The van der Waals surface area contributed by atoms with E-state index < -0.39 is 0 Å². The van der Waals surface area contributed by atoms with Gasteiger partial charge in [-0.1, -0.05) is 78.4 Å². The normalized spacial score (nSPS) is 20.1. The molecule has 0 spiro atoms. The zero-order chi connectivity index (χ0) is 24.3. The molecule has 0 fully saturated rings. The van der Waals surface area contributed by atoms with Crippen LogP contribution in [-0.2, 0) is 6.61 Å². The topological polar surface area (TPSA) is 33.6 Å². The molecule has 0 saturated heterocycles. The van der Waals surface area contributed by atoms with Crippen molar-refractivity contribution in [3.8, 4) is 5.75 Å². The van der Waals surface area contributed by atoms with E-state index in [-0.39, 0.29) is 0 Å². The summed E-state index contributed by atoms with van der Waals surface area (Å²) >= 11 is 6.10. The Bertz CT molecular complexity index is 1430. The zero-order valence-electron chi connectivity index (χ0n) is 19.8. The number of allylic oxidation sites excluding steroid dienone is 2. The van der Waals surface area contributed by atoms with Crippen molar-refractivity contribution in [2.45, 2.75) is 25.0 Å². The molecule has 178 valence electrons. The fourth-order valence-electron chi connectivity index (χ4n) is 5.29. The molecule has 0 amide bonds. The molecule has 4 aromatic rings. The molecule has 3 atom stereocenters. The van der Waals surface area contributed by atoms with Gasteiger partial charge in [0.2, 0.25) is 0 Å². The fraction of sp³-hybridized carbons (Fsp3) is 0.156. The standard InChI is InChI=1S/C32H27ClN2O/c33-25-9-5-7-22(19-25)21-36-31-14-4-1-8-24(31)20-34-26-17-15-23(16-18-26)32-29-12-6-11-27(29)28-10-2-3-13-30(28)35-32/h1-11,13-20,27,29,32,35H,12,21H2/t27-,29-,32+/m1/s1. The largest absolute Gasteiger partial charge is 0.488 e. The van der Waals surface area contributed by atoms with Crippen molar-refractivity contribution in [3.63, 3.8) is 0 Å². The summed E-state index contributed by atoms with van der Waals surface area (Å²) in [6.07, 6.45) is 7.68. The van der Waals surface area contributed by atoms with Gasteiger partial charge in [0.05, 0.1) is 11.7 Å². The molecule has 4 aromatic carbocycles. The van der Waals surface area contributed by atoms with Crippen LogP contribution in [0.1, 0.15) is 40.6 Å². The van der Waals surface area contributed by atoms with Crippen molar-refractivity contribution in [2.75, 3.05) is 5.32 Å². The van der Waals surface area contributed by atoms with Gasteiger partial charge >= 0.3 is 0 Å². The number of ether oxygens (including phenoxy) is 1. The number of benzene rings is 4. The minimum atomic E-state index is 0.290. The van der Waals surface area contributed by atoms with Gasteiger partial charge in [0.15, 0.2) is 0 Å². The highest BCUT2D eigenvalue weighted by molar-refractivity contribution is 6.30. The Hall–Kier alpha value is -3.82. The van der Waals surface area contributed by atoms with Crippen LogP contribution in [0.25, 0.3) is 0 Å². The van der Waals surface area contributed by atoms with Crippen molar-refractivity contribution >= 4 is 29.2 Å². The van der Waals surface area contributed by atoms with Crippen molar-refractivity contribution in [1.29, 1.82) is 0 Å². The van der Waals surface area contributed by atoms with Gasteiger partial charge in [-0.3, -0.25) is 4.99 Å². The Morgan fingerprint density at radius 1 is 0.917 bits per heavy atom. The lowest BCUT2D eigenvalue weighted by atomic mass is 9.77. The van der Waals surface area contributed by atoms with Crippen molar-refractivity contribution in [2.24, 2.45) is 10.9 Å². The second-order valence-electron chi connectivity index (χ2n) is 9.37. The molecule has 1 heterocycles. The Balaban J connectivity index is 1.17. The molecule has 6 rings (SSSR count). The highest BCUT2D eigenvalue weighted by atomic mass is 35.5. The molecule has 4 heteroatoms. The number of nitrogens with zero attached hydrogens (tertiary/aromatic N) is 1. The summed E-state index contributed by atoms with van der Waals surface area (Å²) < 4.78 is 6.07. The van der Waals surface area contributed by atoms with Gasteiger partial charge in [-0.05, 0) is 71.5 Å². The maximum absolute atomic E-state index is 6.10. The number of fused-ring (bicyclic) bond motifs is 3. The predicted octanol–water partition coefficient (Wildman–Crippen LogP) is 8.50. The minimum Gasteiger partial charge on any atom is -0.488 e. The van der Waals surface area contributed by atoms with Gasteiger partial charge < -0.3 is 10.1 Å². The summed E-state index contributed by atoms with van der Waals surface area (Å²) in [5.41, 5.74) is 6.84. The maximum Gasteiger partial charge on any atom is 0.128 e. The third-order valence-electron chi connectivity index (χ3n) is 7.08. The molecule has 0 radical (unpaired) electrons. The van der Waals surface area contributed by atoms with Crippen LogP contribution in [0, 0.1) is 5.92 Å². The average Bonchev–Trinajstić information content (AvgIpc) is 3.42. The number of hydrogen-bond donors (Lipinski definition) is 1. The van der Waals surface area contributed by atoms with Crippen LogP contribution in [0.5, 0.6) is 5.75 Å². The zero-order valence-corrected chi connectivity index (χ0v) is 20.6.